The van der Waals surface area contributed by atoms with E-state index in [9.17, 15) is 5.11 Å². The summed E-state index contributed by atoms with van der Waals surface area (Å²) >= 11 is 0. The third-order valence-electron chi connectivity index (χ3n) is 3.80. The first-order valence-corrected chi connectivity index (χ1v) is 7.33. The van der Waals surface area contributed by atoms with Crippen LogP contribution >= 0.6 is 0 Å². The predicted molar refractivity (Wildman–Crippen MR) is 89.0 cm³/mol. The first kappa shape index (κ1) is 15.5. The molecule has 2 rings (SSSR count). The zero-order valence-corrected chi connectivity index (χ0v) is 12.7. The lowest BCUT2D eigenvalue weighted by molar-refractivity contribution is 0.0787. The Morgan fingerprint density at radius 3 is 2.19 bits per heavy atom. The molecule has 1 unspecified atom stereocenters. The van der Waals surface area contributed by atoms with E-state index in [1.807, 2.05) is 62.5 Å². The van der Waals surface area contributed by atoms with Gasteiger partial charge in [0.15, 0.2) is 0 Å². The van der Waals surface area contributed by atoms with Gasteiger partial charge in [-0.1, -0.05) is 72.8 Å². The van der Waals surface area contributed by atoms with Gasteiger partial charge in [-0.05, 0) is 25.1 Å². The average Bonchev–Trinajstić information content (AvgIpc) is 2.55. The Morgan fingerprint density at radius 1 is 1.00 bits per heavy atom. The van der Waals surface area contributed by atoms with Gasteiger partial charge in [-0.15, -0.1) is 0 Å². The van der Waals surface area contributed by atoms with E-state index < -0.39 is 6.10 Å². The summed E-state index contributed by atoms with van der Waals surface area (Å²) in [4.78, 5) is 2.15. The largest absolute Gasteiger partial charge is 0.387 e. The molecule has 2 heteroatoms. The minimum absolute atomic E-state index is 0.0628. The van der Waals surface area contributed by atoms with Crippen molar-refractivity contribution in [1.29, 1.82) is 0 Å². The summed E-state index contributed by atoms with van der Waals surface area (Å²) in [5, 5.41) is 10.4. The van der Waals surface area contributed by atoms with Crippen molar-refractivity contribution < 1.29 is 5.11 Å². The molecule has 0 saturated carbocycles. The molecule has 110 valence electrons. The summed E-state index contributed by atoms with van der Waals surface area (Å²) in [5.74, 6) is 0. The maximum Gasteiger partial charge on any atom is 0.0942 e. The molecule has 21 heavy (non-hydrogen) atoms. The van der Waals surface area contributed by atoms with Gasteiger partial charge in [-0.2, -0.15) is 0 Å². The highest BCUT2D eigenvalue weighted by atomic mass is 16.3. The van der Waals surface area contributed by atoms with Crippen LogP contribution in [0.3, 0.4) is 0 Å². The molecular weight excluding hydrogens is 258 g/mol. The molecule has 1 N–H and O–H groups in total. The lowest BCUT2D eigenvalue weighted by Crippen LogP contribution is -2.34. The highest BCUT2D eigenvalue weighted by Gasteiger charge is 2.19. The van der Waals surface area contributed by atoms with Gasteiger partial charge in [0.25, 0.3) is 0 Å². The average molecular weight is 281 g/mol. The number of hydrogen-bond donors (Lipinski definition) is 1. The highest BCUT2D eigenvalue weighted by Crippen LogP contribution is 2.19. The Hall–Kier alpha value is -1.90. The fraction of sp³-hybridized carbons (Fsp3) is 0.263. The van der Waals surface area contributed by atoms with Crippen LogP contribution in [-0.2, 0) is 0 Å². The van der Waals surface area contributed by atoms with E-state index in [4.69, 9.17) is 0 Å². The SMILES string of the molecule is CC([C@@H](O)c1ccccc1)N(C)C/C=C/c1ccccc1. The first-order chi connectivity index (χ1) is 10.2. The van der Waals surface area contributed by atoms with E-state index in [1.165, 1.54) is 5.56 Å². The van der Waals surface area contributed by atoms with Crippen LogP contribution < -0.4 is 0 Å². The molecule has 2 aromatic carbocycles. The van der Waals surface area contributed by atoms with E-state index in [2.05, 4.69) is 29.2 Å². The molecule has 2 atom stereocenters. The van der Waals surface area contributed by atoms with Crippen molar-refractivity contribution >= 4 is 6.08 Å². The topological polar surface area (TPSA) is 23.5 Å². The van der Waals surface area contributed by atoms with Gasteiger partial charge in [0, 0.05) is 12.6 Å². The van der Waals surface area contributed by atoms with Crippen LogP contribution in [0.25, 0.3) is 6.08 Å². The van der Waals surface area contributed by atoms with E-state index in [0.717, 1.165) is 12.1 Å². The van der Waals surface area contributed by atoms with E-state index >= 15 is 0 Å². The Morgan fingerprint density at radius 2 is 1.57 bits per heavy atom. The molecule has 0 aromatic heterocycles. The smallest absolute Gasteiger partial charge is 0.0942 e. The summed E-state index contributed by atoms with van der Waals surface area (Å²) in [6.07, 6.45) is 3.77. The van der Waals surface area contributed by atoms with E-state index in [0.29, 0.717) is 0 Å². The summed E-state index contributed by atoms with van der Waals surface area (Å²) in [6, 6.07) is 20.1. The minimum Gasteiger partial charge on any atom is -0.387 e. The monoisotopic (exact) mass is 281 g/mol. The number of rotatable bonds is 6. The third kappa shape index (κ3) is 4.55. The van der Waals surface area contributed by atoms with Gasteiger partial charge in [-0.3, -0.25) is 4.90 Å². The normalized spacial score (nSPS) is 14.5. The third-order valence-corrected chi connectivity index (χ3v) is 3.80. The Kier molecular flexibility index (Phi) is 5.73. The maximum absolute atomic E-state index is 10.4. The number of nitrogens with zero attached hydrogens (tertiary/aromatic N) is 1. The van der Waals surface area contributed by atoms with Gasteiger partial charge < -0.3 is 5.11 Å². The number of aliphatic hydroxyl groups is 1. The zero-order chi connectivity index (χ0) is 15.1. The van der Waals surface area contributed by atoms with Crippen molar-refractivity contribution in [1.82, 2.24) is 4.90 Å². The lowest BCUT2D eigenvalue weighted by Gasteiger charge is -2.28. The molecule has 0 aliphatic heterocycles. The fourth-order valence-electron chi connectivity index (χ4n) is 2.26. The van der Waals surface area contributed by atoms with Crippen molar-refractivity contribution in [2.45, 2.75) is 19.1 Å². The Bertz CT molecular complexity index is 550. The molecule has 0 heterocycles. The summed E-state index contributed by atoms with van der Waals surface area (Å²) < 4.78 is 0. The highest BCUT2D eigenvalue weighted by molar-refractivity contribution is 5.48. The van der Waals surface area contributed by atoms with Crippen LogP contribution in [0.1, 0.15) is 24.2 Å². The standard InChI is InChI=1S/C19H23NO/c1-16(19(21)18-13-7-4-8-14-18)20(2)15-9-12-17-10-5-3-6-11-17/h3-14,16,19,21H,15H2,1-2H3/b12-9+/t16?,19-/m1/s1. The second-order valence-electron chi connectivity index (χ2n) is 5.35. The molecule has 2 nitrogen and oxygen atoms in total. The second kappa shape index (κ2) is 7.77. The van der Waals surface area contributed by atoms with Crippen molar-refractivity contribution in [3.8, 4) is 0 Å². The van der Waals surface area contributed by atoms with E-state index in [-0.39, 0.29) is 6.04 Å². The van der Waals surface area contributed by atoms with Gasteiger partial charge in [0.2, 0.25) is 0 Å². The predicted octanol–water partition coefficient (Wildman–Crippen LogP) is 3.75. The molecule has 0 spiro atoms. The van der Waals surface area contributed by atoms with Crippen LogP contribution in [0.15, 0.2) is 66.7 Å². The number of aliphatic hydroxyl groups excluding tert-OH is 1. The molecule has 2 aromatic rings. The van der Waals surface area contributed by atoms with Crippen molar-refractivity contribution in [2.75, 3.05) is 13.6 Å². The summed E-state index contributed by atoms with van der Waals surface area (Å²) in [5.41, 5.74) is 2.16. The molecular formula is C19H23NO. The Labute approximate surface area is 127 Å². The van der Waals surface area contributed by atoms with Crippen LogP contribution in [0.5, 0.6) is 0 Å². The molecule has 0 fully saturated rings. The number of hydrogen-bond acceptors (Lipinski definition) is 2. The molecule has 0 aliphatic carbocycles. The van der Waals surface area contributed by atoms with Gasteiger partial charge in [0.05, 0.1) is 6.10 Å². The molecule has 0 bridgehead atoms. The molecule has 0 aliphatic rings. The fourth-order valence-corrected chi connectivity index (χ4v) is 2.26. The summed E-state index contributed by atoms with van der Waals surface area (Å²) in [7, 11) is 2.03. The second-order valence-corrected chi connectivity index (χ2v) is 5.35. The quantitative estimate of drug-likeness (QED) is 0.871. The summed E-state index contributed by atoms with van der Waals surface area (Å²) in [6.45, 7) is 2.86. The molecule has 0 radical (unpaired) electrons. The van der Waals surface area contributed by atoms with Crippen LogP contribution in [0.2, 0.25) is 0 Å². The first-order valence-electron chi connectivity index (χ1n) is 7.33. The molecule has 0 amide bonds. The lowest BCUT2D eigenvalue weighted by atomic mass is 10.0. The number of likely N-dealkylation sites (N-methyl/N-ethyl adjacent to an activating group) is 1. The molecule has 0 saturated heterocycles. The van der Waals surface area contributed by atoms with E-state index in [1.54, 1.807) is 0 Å². The van der Waals surface area contributed by atoms with Gasteiger partial charge in [0.1, 0.15) is 0 Å². The van der Waals surface area contributed by atoms with Crippen LogP contribution in [0, 0.1) is 0 Å². The van der Waals surface area contributed by atoms with Gasteiger partial charge in [-0.25, -0.2) is 0 Å². The zero-order valence-electron chi connectivity index (χ0n) is 12.7. The van der Waals surface area contributed by atoms with Crippen LogP contribution in [-0.4, -0.2) is 29.6 Å². The van der Waals surface area contributed by atoms with Crippen LogP contribution in [0.4, 0.5) is 0 Å². The maximum atomic E-state index is 10.4. The van der Waals surface area contributed by atoms with Crippen molar-refractivity contribution in [3.63, 3.8) is 0 Å². The van der Waals surface area contributed by atoms with Gasteiger partial charge >= 0.3 is 0 Å². The Balaban J connectivity index is 1.91. The van der Waals surface area contributed by atoms with Crippen molar-refractivity contribution in [3.05, 3.63) is 77.9 Å². The minimum atomic E-state index is -0.471. The van der Waals surface area contributed by atoms with Crippen molar-refractivity contribution in [2.24, 2.45) is 0 Å². The number of benzene rings is 2.